The minimum absolute atomic E-state index is 0.273. The molecule has 0 fully saturated rings. The number of halogens is 1. The molecule has 5 heteroatoms. The Morgan fingerprint density at radius 3 is 2.72 bits per heavy atom. The van der Waals surface area contributed by atoms with E-state index in [4.69, 9.17) is 21.6 Å². The van der Waals surface area contributed by atoms with Crippen molar-refractivity contribution in [1.82, 2.24) is 0 Å². The van der Waals surface area contributed by atoms with Gasteiger partial charge >= 0.3 is 0 Å². The van der Waals surface area contributed by atoms with Crippen LogP contribution in [0, 0.1) is 12.3 Å². The molecule has 1 N–H and O–H groups in total. The molecule has 1 rings (SSSR count). The van der Waals surface area contributed by atoms with Gasteiger partial charge in [-0.05, 0) is 45.1 Å². The van der Waals surface area contributed by atoms with Crippen LogP contribution in [0.5, 0.6) is 0 Å². The Balaban J connectivity index is 2.57. The number of aliphatic imine (C=N–C) groups is 1. The second kappa shape index (κ2) is 6.91. The largest absolute Gasteiger partial charge is 0.462 e. The second-order valence-corrected chi connectivity index (χ2v) is 4.06. The van der Waals surface area contributed by atoms with Gasteiger partial charge < -0.3 is 9.83 Å². The van der Waals surface area contributed by atoms with Crippen molar-refractivity contribution in [2.24, 2.45) is 9.50 Å². The summed E-state index contributed by atoms with van der Waals surface area (Å²) in [6, 6.07) is 3.80. The van der Waals surface area contributed by atoms with Gasteiger partial charge in [0.15, 0.2) is 0 Å². The van der Waals surface area contributed by atoms with Gasteiger partial charge in [-0.1, -0.05) is 0 Å². The fourth-order valence-corrected chi connectivity index (χ4v) is 1.27. The molecule has 0 amide bonds. The molecule has 0 saturated heterocycles. The van der Waals surface area contributed by atoms with Crippen LogP contribution in [0.25, 0.3) is 6.08 Å². The van der Waals surface area contributed by atoms with Crippen molar-refractivity contribution < 1.29 is 4.42 Å². The van der Waals surface area contributed by atoms with Gasteiger partial charge in [-0.3, -0.25) is 4.99 Å². The number of allylic oxidation sites excluding steroid dienone is 1. The quantitative estimate of drug-likeness (QED) is 0.811. The van der Waals surface area contributed by atoms with Crippen LogP contribution in [0.3, 0.4) is 0 Å². The summed E-state index contributed by atoms with van der Waals surface area (Å²) in [7, 11) is 0. The Bertz CT molecular complexity index is 512. The van der Waals surface area contributed by atoms with Crippen LogP contribution in [0.4, 0.5) is 0 Å². The molecule has 1 aromatic rings. The zero-order valence-electron chi connectivity index (χ0n) is 10.7. The van der Waals surface area contributed by atoms with Gasteiger partial charge in [-0.15, -0.1) is 0 Å². The normalized spacial score (nSPS) is 13.3. The van der Waals surface area contributed by atoms with E-state index in [1.807, 2.05) is 38.1 Å². The first-order valence-corrected chi connectivity index (χ1v) is 5.85. The van der Waals surface area contributed by atoms with E-state index in [1.165, 1.54) is 0 Å². The van der Waals surface area contributed by atoms with Crippen LogP contribution in [0.15, 0.2) is 32.1 Å². The summed E-state index contributed by atoms with van der Waals surface area (Å²) in [5.41, 5.74) is 1.61. The molecule has 1 aromatic heterocycles. The van der Waals surface area contributed by atoms with E-state index in [9.17, 15) is 0 Å². The van der Waals surface area contributed by atoms with Crippen molar-refractivity contribution in [3.8, 4) is 0 Å². The van der Waals surface area contributed by atoms with Crippen molar-refractivity contribution in [2.45, 2.75) is 20.8 Å². The molecule has 0 aromatic carbocycles. The van der Waals surface area contributed by atoms with Crippen LogP contribution >= 0.6 is 11.8 Å². The average Bonchev–Trinajstić information content (AvgIpc) is 2.78. The molecule has 0 saturated carbocycles. The van der Waals surface area contributed by atoms with Crippen LogP contribution < -0.4 is 0 Å². The monoisotopic (exact) mass is 265 g/mol. The van der Waals surface area contributed by atoms with E-state index >= 15 is 0 Å². The molecule has 0 atom stereocenters. The molecular formula is C13H16ClN3O. The standard InChI is InChI=1S/C13H16ClN3O/c1-9(16-8-13(15)11(3)17-14)4-6-12-7-5-10(2)18-12/h4-7,15H,8H2,1-3H3/b6-4+,15-13?,16-9?,17-11?. The lowest BCUT2D eigenvalue weighted by Gasteiger charge is -1.97. The summed E-state index contributed by atoms with van der Waals surface area (Å²) < 4.78 is 8.82. The van der Waals surface area contributed by atoms with Crippen LogP contribution in [0.1, 0.15) is 25.4 Å². The summed E-state index contributed by atoms with van der Waals surface area (Å²) >= 11 is 5.28. The highest BCUT2D eigenvalue weighted by Gasteiger charge is 1.99. The Morgan fingerprint density at radius 1 is 1.44 bits per heavy atom. The Kier molecular flexibility index (Phi) is 5.52. The van der Waals surface area contributed by atoms with Gasteiger partial charge in [0, 0.05) is 17.5 Å². The maximum atomic E-state index is 7.62. The molecule has 0 radical (unpaired) electrons. The van der Waals surface area contributed by atoms with Crippen molar-refractivity contribution in [3.63, 3.8) is 0 Å². The SMILES string of the molecule is CC(/C=C/c1ccc(C)o1)=NCC(=N)C(C)=NCl. The molecule has 4 nitrogen and oxygen atoms in total. The fourth-order valence-electron chi connectivity index (χ4n) is 1.17. The van der Waals surface area contributed by atoms with Crippen molar-refractivity contribution >= 4 is 35.0 Å². The number of furan rings is 1. The third-order valence-electron chi connectivity index (χ3n) is 2.30. The van der Waals surface area contributed by atoms with Gasteiger partial charge in [-0.2, -0.15) is 4.51 Å². The number of hydrogen-bond donors (Lipinski definition) is 1. The Labute approximate surface area is 112 Å². The van der Waals surface area contributed by atoms with Crippen molar-refractivity contribution in [1.29, 1.82) is 5.41 Å². The minimum atomic E-state index is 0.273. The van der Waals surface area contributed by atoms with Crippen LogP contribution in [0.2, 0.25) is 0 Å². The van der Waals surface area contributed by atoms with E-state index in [0.29, 0.717) is 11.4 Å². The molecule has 1 heterocycles. The van der Waals surface area contributed by atoms with Crippen molar-refractivity contribution in [2.75, 3.05) is 6.54 Å². The first-order chi connectivity index (χ1) is 8.52. The Morgan fingerprint density at radius 2 is 2.17 bits per heavy atom. The highest BCUT2D eigenvalue weighted by molar-refractivity contribution is 6.45. The Hall–Kier alpha value is -1.68. The van der Waals surface area contributed by atoms with Gasteiger partial charge in [0.05, 0.1) is 18.0 Å². The van der Waals surface area contributed by atoms with Gasteiger partial charge in [0.1, 0.15) is 11.5 Å². The van der Waals surface area contributed by atoms with Crippen LogP contribution in [-0.4, -0.2) is 23.7 Å². The number of rotatable bonds is 5. The third kappa shape index (κ3) is 4.67. The number of hydrogen-bond acceptors (Lipinski definition) is 4. The molecule has 18 heavy (non-hydrogen) atoms. The molecular weight excluding hydrogens is 250 g/mol. The van der Waals surface area contributed by atoms with Gasteiger partial charge in [0.25, 0.3) is 0 Å². The molecule has 0 aliphatic rings. The third-order valence-corrected chi connectivity index (χ3v) is 2.55. The first-order valence-electron chi connectivity index (χ1n) is 5.52. The van der Waals surface area contributed by atoms with E-state index in [2.05, 4.69) is 9.50 Å². The molecule has 0 aliphatic heterocycles. The molecule has 0 aliphatic carbocycles. The lowest BCUT2D eigenvalue weighted by Crippen LogP contribution is -2.12. The lowest BCUT2D eigenvalue weighted by molar-refractivity contribution is 0.525. The van der Waals surface area contributed by atoms with Gasteiger partial charge in [-0.25, -0.2) is 0 Å². The smallest absolute Gasteiger partial charge is 0.127 e. The average molecular weight is 266 g/mol. The molecule has 0 spiro atoms. The summed E-state index contributed by atoms with van der Waals surface area (Å²) in [5.74, 6) is 1.66. The predicted molar refractivity (Wildman–Crippen MR) is 77.1 cm³/mol. The van der Waals surface area contributed by atoms with E-state index in [-0.39, 0.29) is 6.54 Å². The summed E-state index contributed by atoms with van der Waals surface area (Å²) in [4.78, 5) is 4.24. The van der Waals surface area contributed by atoms with E-state index < -0.39 is 0 Å². The van der Waals surface area contributed by atoms with E-state index in [1.54, 1.807) is 6.92 Å². The highest BCUT2D eigenvalue weighted by atomic mass is 35.5. The topological polar surface area (TPSA) is 61.7 Å². The van der Waals surface area contributed by atoms with E-state index in [0.717, 1.165) is 17.2 Å². The molecule has 0 unspecified atom stereocenters. The summed E-state index contributed by atoms with van der Waals surface area (Å²) in [5, 5.41) is 7.62. The zero-order chi connectivity index (χ0) is 13.5. The first kappa shape index (κ1) is 14.4. The maximum absolute atomic E-state index is 7.62. The second-order valence-electron chi connectivity index (χ2n) is 3.89. The maximum Gasteiger partial charge on any atom is 0.127 e. The van der Waals surface area contributed by atoms with Crippen molar-refractivity contribution in [3.05, 3.63) is 29.7 Å². The fraction of sp³-hybridized carbons (Fsp3) is 0.308. The zero-order valence-corrected chi connectivity index (χ0v) is 11.5. The number of aryl methyl sites for hydroxylation is 1. The summed E-state index contributed by atoms with van der Waals surface area (Å²) in [6.45, 7) is 5.72. The molecule has 96 valence electrons. The lowest BCUT2D eigenvalue weighted by atomic mass is 10.2. The number of nitrogens with zero attached hydrogens (tertiary/aromatic N) is 2. The predicted octanol–water partition coefficient (Wildman–Crippen LogP) is 3.70. The van der Waals surface area contributed by atoms with Gasteiger partial charge in [0.2, 0.25) is 0 Å². The number of nitrogens with one attached hydrogen (secondary N) is 1. The minimum Gasteiger partial charge on any atom is -0.462 e. The van der Waals surface area contributed by atoms with Crippen LogP contribution in [-0.2, 0) is 0 Å². The summed E-state index contributed by atoms with van der Waals surface area (Å²) in [6.07, 6.45) is 3.69. The highest BCUT2D eigenvalue weighted by Crippen LogP contribution is 2.07. The molecule has 0 bridgehead atoms.